The number of hydrazone groups is 1. The van der Waals surface area contributed by atoms with Crippen molar-refractivity contribution in [2.75, 3.05) is 5.43 Å². The first kappa shape index (κ1) is 10.7. The van der Waals surface area contributed by atoms with Crippen molar-refractivity contribution in [3.63, 3.8) is 0 Å². The van der Waals surface area contributed by atoms with E-state index in [1.807, 2.05) is 0 Å². The maximum Gasteiger partial charge on any atom is 0.237 e. The van der Waals surface area contributed by atoms with E-state index in [0.717, 1.165) is 5.56 Å². The van der Waals surface area contributed by atoms with Crippen molar-refractivity contribution in [2.24, 2.45) is 5.10 Å². The van der Waals surface area contributed by atoms with E-state index >= 15 is 0 Å². The Balaban J connectivity index is 2.88. The zero-order chi connectivity index (χ0) is 11.3. The van der Waals surface area contributed by atoms with Crippen LogP contribution in [-0.4, -0.2) is 5.71 Å². The van der Waals surface area contributed by atoms with Crippen molar-refractivity contribution in [1.29, 1.82) is 10.5 Å². The molecule has 0 saturated carbocycles. The molecule has 0 fully saturated rings. The summed E-state index contributed by atoms with van der Waals surface area (Å²) >= 11 is 0. The van der Waals surface area contributed by atoms with Crippen LogP contribution in [0.2, 0.25) is 0 Å². The third-order valence-corrected chi connectivity index (χ3v) is 1.55. The second kappa shape index (κ2) is 4.73. The highest BCUT2D eigenvalue weighted by atomic mass is 19.1. The van der Waals surface area contributed by atoms with Crippen LogP contribution in [-0.2, 0) is 0 Å². The maximum absolute atomic E-state index is 12.9. The summed E-state index contributed by atoms with van der Waals surface area (Å²) in [4.78, 5) is 0. The zero-order valence-electron chi connectivity index (χ0n) is 7.95. The molecule has 0 heterocycles. The van der Waals surface area contributed by atoms with E-state index < -0.39 is 5.82 Å². The lowest BCUT2D eigenvalue weighted by molar-refractivity contribution is 0.627. The smallest absolute Gasteiger partial charge is 0.237 e. The highest BCUT2D eigenvalue weighted by Crippen LogP contribution is 2.12. The lowest BCUT2D eigenvalue weighted by atomic mass is 10.2. The fraction of sp³-hybridized carbons (Fsp3) is 0.100. The molecule has 0 aliphatic carbocycles. The first-order valence-electron chi connectivity index (χ1n) is 4.07. The molecule has 0 spiro atoms. The van der Waals surface area contributed by atoms with Crippen LogP contribution < -0.4 is 5.43 Å². The number of rotatable bonds is 2. The number of benzene rings is 1. The van der Waals surface area contributed by atoms with E-state index in [2.05, 4.69) is 10.5 Å². The van der Waals surface area contributed by atoms with Crippen LogP contribution in [0.3, 0.4) is 0 Å². The van der Waals surface area contributed by atoms with Gasteiger partial charge in [-0.1, -0.05) is 0 Å². The molecule has 0 bridgehead atoms. The Hall–Kier alpha value is -2.40. The number of hydrogen-bond donors (Lipinski definition) is 1. The molecule has 0 aliphatic rings. The van der Waals surface area contributed by atoms with Crippen LogP contribution in [0.5, 0.6) is 0 Å². The fourth-order valence-corrected chi connectivity index (χ4v) is 0.996. The Morgan fingerprint density at radius 1 is 1.33 bits per heavy atom. The van der Waals surface area contributed by atoms with Crippen LogP contribution in [0.1, 0.15) is 5.56 Å². The Labute approximate surface area is 86.3 Å². The van der Waals surface area contributed by atoms with Crippen LogP contribution in [0, 0.1) is 35.4 Å². The normalized spacial score (nSPS) is 8.53. The van der Waals surface area contributed by atoms with E-state index in [9.17, 15) is 4.39 Å². The second-order valence-corrected chi connectivity index (χ2v) is 2.81. The summed E-state index contributed by atoms with van der Waals surface area (Å²) in [6.45, 7) is 1.73. The summed E-state index contributed by atoms with van der Waals surface area (Å²) in [5, 5.41) is 20.3. The van der Waals surface area contributed by atoms with Gasteiger partial charge in [-0.25, -0.2) is 4.39 Å². The Bertz CT molecular complexity index is 443. The van der Waals surface area contributed by atoms with Crippen LogP contribution in [0.4, 0.5) is 10.1 Å². The number of nitrogens with one attached hydrogen (secondary N) is 1. The van der Waals surface area contributed by atoms with Crippen molar-refractivity contribution >= 4 is 11.4 Å². The van der Waals surface area contributed by atoms with Gasteiger partial charge in [-0.3, -0.25) is 5.43 Å². The third kappa shape index (κ3) is 3.09. The van der Waals surface area contributed by atoms with Crippen molar-refractivity contribution < 1.29 is 4.39 Å². The largest absolute Gasteiger partial charge is 0.276 e. The van der Waals surface area contributed by atoms with Gasteiger partial charge in [0.2, 0.25) is 5.71 Å². The van der Waals surface area contributed by atoms with Crippen molar-refractivity contribution in [1.82, 2.24) is 0 Å². The maximum atomic E-state index is 12.9. The first-order chi connectivity index (χ1) is 7.15. The monoisotopic (exact) mass is 202 g/mol. The minimum atomic E-state index is -0.400. The molecule has 1 aromatic carbocycles. The summed E-state index contributed by atoms with van der Waals surface area (Å²) in [5.41, 5.74) is 3.25. The highest BCUT2D eigenvalue weighted by molar-refractivity contribution is 6.10. The average Bonchev–Trinajstić information content (AvgIpc) is 2.18. The Morgan fingerprint density at radius 3 is 2.53 bits per heavy atom. The lowest BCUT2D eigenvalue weighted by Crippen LogP contribution is -1.97. The SMILES string of the molecule is Cc1cc(F)cc(NN=C(C#N)C#N)c1. The molecule has 5 heteroatoms. The van der Waals surface area contributed by atoms with Crippen LogP contribution >= 0.6 is 0 Å². The van der Waals surface area contributed by atoms with Gasteiger partial charge >= 0.3 is 0 Å². The van der Waals surface area contributed by atoms with E-state index in [1.165, 1.54) is 12.1 Å². The van der Waals surface area contributed by atoms with Gasteiger partial charge in [0, 0.05) is 0 Å². The molecule has 4 nitrogen and oxygen atoms in total. The predicted octanol–water partition coefficient (Wildman–Crippen LogP) is 1.95. The Kier molecular flexibility index (Phi) is 3.37. The van der Waals surface area contributed by atoms with E-state index in [-0.39, 0.29) is 5.71 Å². The molecule has 74 valence electrons. The van der Waals surface area contributed by atoms with Crippen molar-refractivity contribution in [3.05, 3.63) is 29.6 Å². The molecule has 0 radical (unpaired) electrons. The summed E-state index contributed by atoms with van der Waals surface area (Å²) in [5.74, 6) is -0.400. The van der Waals surface area contributed by atoms with Gasteiger partial charge in [0.05, 0.1) is 5.69 Å². The van der Waals surface area contributed by atoms with Gasteiger partial charge in [0.15, 0.2) is 0 Å². The van der Waals surface area contributed by atoms with E-state index in [1.54, 1.807) is 25.1 Å². The summed E-state index contributed by atoms with van der Waals surface area (Å²) in [6, 6.07) is 7.41. The number of halogens is 1. The average molecular weight is 202 g/mol. The molecular weight excluding hydrogens is 195 g/mol. The molecule has 0 saturated heterocycles. The van der Waals surface area contributed by atoms with E-state index in [0.29, 0.717) is 5.69 Å². The standard InChI is InChI=1S/C10H7FN4/c1-7-2-8(11)4-9(3-7)14-15-10(5-12)6-13/h2-4,14H,1H3. The number of aryl methyl sites for hydroxylation is 1. The summed E-state index contributed by atoms with van der Waals surface area (Å²) < 4.78 is 12.9. The van der Waals surface area contributed by atoms with Crippen LogP contribution in [0.15, 0.2) is 23.3 Å². The zero-order valence-corrected chi connectivity index (χ0v) is 7.95. The molecule has 15 heavy (non-hydrogen) atoms. The second-order valence-electron chi connectivity index (χ2n) is 2.81. The topological polar surface area (TPSA) is 72.0 Å². The molecule has 0 amide bonds. The number of hydrogen-bond acceptors (Lipinski definition) is 4. The number of nitriles is 2. The lowest BCUT2D eigenvalue weighted by Gasteiger charge is -2.01. The van der Waals surface area contributed by atoms with Gasteiger partial charge in [-0.05, 0) is 30.7 Å². The molecule has 0 atom stereocenters. The van der Waals surface area contributed by atoms with Gasteiger partial charge in [0.25, 0.3) is 0 Å². The minimum Gasteiger partial charge on any atom is -0.276 e. The predicted molar refractivity (Wildman–Crippen MR) is 53.4 cm³/mol. The number of anilines is 1. The number of nitrogens with zero attached hydrogens (tertiary/aromatic N) is 3. The van der Waals surface area contributed by atoms with Gasteiger partial charge in [-0.15, -0.1) is 0 Å². The molecule has 0 unspecified atom stereocenters. The van der Waals surface area contributed by atoms with Crippen molar-refractivity contribution in [3.8, 4) is 12.1 Å². The summed E-state index contributed by atoms with van der Waals surface area (Å²) in [6.07, 6.45) is 0. The molecule has 1 N–H and O–H groups in total. The summed E-state index contributed by atoms with van der Waals surface area (Å²) in [7, 11) is 0. The van der Waals surface area contributed by atoms with Gasteiger partial charge < -0.3 is 0 Å². The first-order valence-corrected chi connectivity index (χ1v) is 4.07. The van der Waals surface area contributed by atoms with Crippen molar-refractivity contribution in [2.45, 2.75) is 6.92 Å². The highest BCUT2D eigenvalue weighted by Gasteiger charge is 1.98. The quantitative estimate of drug-likeness (QED) is 0.588. The van der Waals surface area contributed by atoms with Gasteiger partial charge in [-0.2, -0.15) is 15.6 Å². The molecular formula is C10H7FN4. The molecule has 0 aliphatic heterocycles. The van der Waals surface area contributed by atoms with Gasteiger partial charge in [0.1, 0.15) is 18.0 Å². The molecule has 1 aromatic rings. The van der Waals surface area contributed by atoms with Crippen LogP contribution in [0.25, 0.3) is 0 Å². The van der Waals surface area contributed by atoms with E-state index in [4.69, 9.17) is 10.5 Å². The molecule has 0 aromatic heterocycles. The third-order valence-electron chi connectivity index (χ3n) is 1.55. The Morgan fingerprint density at radius 2 is 2.00 bits per heavy atom. The minimum absolute atomic E-state index is 0.308. The fourth-order valence-electron chi connectivity index (χ4n) is 0.996. The molecule has 1 rings (SSSR count).